The minimum Gasteiger partial charge on any atom is -0.480 e. The Morgan fingerprint density at radius 2 is 1.90 bits per heavy atom. The number of hydrogen-bond acceptors (Lipinski definition) is 4. The number of rotatable bonds is 4. The molecular formula is C9H8F3N3O5. The van der Waals surface area contributed by atoms with Gasteiger partial charge in [0.25, 0.3) is 5.56 Å². The van der Waals surface area contributed by atoms with Gasteiger partial charge in [-0.15, -0.1) is 0 Å². The van der Waals surface area contributed by atoms with Crippen LogP contribution in [0.25, 0.3) is 0 Å². The Bertz CT molecular complexity index is 604. The van der Waals surface area contributed by atoms with Gasteiger partial charge in [0.15, 0.2) is 0 Å². The second kappa shape index (κ2) is 5.59. The highest BCUT2D eigenvalue weighted by molar-refractivity contribution is 5.87. The van der Waals surface area contributed by atoms with Gasteiger partial charge in [0.2, 0.25) is 0 Å². The summed E-state index contributed by atoms with van der Waals surface area (Å²) in [4.78, 5) is 47.1. The van der Waals surface area contributed by atoms with Crippen molar-refractivity contribution in [2.45, 2.75) is 18.6 Å². The molecular weight excluding hydrogens is 287 g/mol. The van der Waals surface area contributed by atoms with E-state index in [0.717, 1.165) is 6.07 Å². The fraction of sp³-hybridized carbons (Fsp3) is 0.333. The third-order valence-electron chi connectivity index (χ3n) is 2.10. The first-order chi connectivity index (χ1) is 9.09. The van der Waals surface area contributed by atoms with Crippen LogP contribution in [0.1, 0.15) is 5.69 Å². The van der Waals surface area contributed by atoms with E-state index in [1.54, 1.807) is 4.98 Å². The molecule has 0 saturated heterocycles. The maximum absolute atomic E-state index is 12.0. The molecule has 20 heavy (non-hydrogen) atoms. The number of halogens is 3. The van der Waals surface area contributed by atoms with Gasteiger partial charge < -0.3 is 15.4 Å². The molecule has 0 aromatic carbocycles. The molecule has 0 radical (unpaired) electrons. The average Bonchev–Trinajstić information content (AvgIpc) is 2.24. The van der Waals surface area contributed by atoms with E-state index in [9.17, 15) is 32.3 Å². The summed E-state index contributed by atoms with van der Waals surface area (Å²) in [6.45, 7) is 0. The van der Waals surface area contributed by atoms with E-state index < -0.39 is 41.8 Å². The number of H-pyrrole nitrogens is 2. The van der Waals surface area contributed by atoms with Crippen LogP contribution in [-0.2, 0) is 16.0 Å². The van der Waals surface area contributed by atoms with Gasteiger partial charge in [-0.25, -0.2) is 9.59 Å². The summed E-state index contributed by atoms with van der Waals surface area (Å²) in [5, 5.41) is 9.97. The number of carbonyl (C=O) groups is 2. The molecule has 0 bridgehead atoms. The number of carboxylic acid groups (broad SMARTS) is 1. The van der Waals surface area contributed by atoms with E-state index in [-0.39, 0.29) is 5.69 Å². The van der Waals surface area contributed by atoms with Gasteiger partial charge in [-0.05, 0) is 0 Å². The molecule has 1 atom stereocenters. The van der Waals surface area contributed by atoms with Crippen molar-refractivity contribution in [2.75, 3.05) is 0 Å². The number of aromatic amines is 2. The van der Waals surface area contributed by atoms with E-state index >= 15 is 0 Å². The van der Waals surface area contributed by atoms with Crippen molar-refractivity contribution in [2.24, 2.45) is 0 Å². The lowest BCUT2D eigenvalue weighted by molar-refractivity contribution is -0.175. The van der Waals surface area contributed by atoms with Crippen molar-refractivity contribution >= 4 is 11.9 Å². The molecule has 0 aliphatic heterocycles. The maximum Gasteiger partial charge on any atom is 0.471 e. The fourth-order valence-electron chi connectivity index (χ4n) is 1.29. The summed E-state index contributed by atoms with van der Waals surface area (Å²) in [7, 11) is 0. The second-order valence-electron chi connectivity index (χ2n) is 3.68. The van der Waals surface area contributed by atoms with Gasteiger partial charge in [-0.2, -0.15) is 13.2 Å². The average molecular weight is 295 g/mol. The molecule has 110 valence electrons. The largest absolute Gasteiger partial charge is 0.480 e. The zero-order valence-electron chi connectivity index (χ0n) is 9.58. The fourth-order valence-corrected chi connectivity index (χ4v) is 1.29. The minimum absolute atomic E-state index is 0.228. The van der Waals surface area contributed by atoms with E-state index in [4.69, 9.17) is 5.11 Å². The van der Waals surface area contributed by atoms with Crippen LogP contribution in [0.5, 0.6) is 0 Å². The molecule has 4 N–H and O–H groups in total. The highest BCUT2D eigenvalue weighted by atomic mass is 19.4. The molecule has 8 nitrogen and oxygen atoms in total. The Labute approximate surface area is 107 Å². The first-order valence-corrected chi connectivity index (χ1v) is 5.02. The van der Waals surface area contributed by atoms with Crippen LogP contribution in [0.4, 0.5) is 13.2 Å². The molecule has 1 unspecified atom stereocenters. The number of nitrogens with one attached hydrogen (secondary N) is 3. The van der Waals surface area contributed by atoms with Crippen LogP contribution < -0.4 is 16.6 Å². The highest BCUT2D eigenvalue weighted by Gasteiger charge is 2.40. The van der Waals surface area contributed by atoms with Gasteiger partial charge in [-0.3, -0.25) is 14.6 Å². The van der Waals surface area contributed by atoms with Gasteiger partial charge in [0.1, 0.15) is 6.04 Å². The molecule has 1 aromatic heterocycles. The number of amides is 1. The zero-order chi connectivity index (χ0) is 15.5. The van der Waals surface area contributed by atoms with Crippen molar-refractivity contribution in [1.29, 1.82) is 0 Å². The topological polar surface area (TPSA) is 132 Å². The smallest absolute Gasteiger partial charge is 0.471 e. The van der Waals surface area contributed by atoms with Crippen LogP contribution in [0.3, 0.4) is 0 Å². The number of carbonyl (C=O) groups excluding carboxylic acids is 1. The predicted octanol–water partition coefficient (Wildman–Crippen LogP) is -1.26. The maximum atomic E-state index is 12.0. The van der Waals surface area contributed by atoms with Crippen molar-refractivity contribution in [3.05, 3.63) is 32.6 Å². The molecule has 1 rings (SSSR count). The minimum atomic E-state index is -5.24. The van der Waals surface area contributed by atoms with Crippen LogP contribution in [0.2, 0.25) is 0 Å². The lowest BCUT2D eigenvalue weighted by atomic mass is 10.1. The molecule has 0 spiro atoms. The third-order valence-corrected chi connectivity index (χ3v) is 2.10. The third kappa shape index (κ3) is 4.26. The van der Waals surface area contributed by atoms with Crippen LogP contribution in [0, 0.1) is 0 Å². The highest BCUT2D eigenvalue weighted by Crippen LogP contribution is 2.14. The Morgan fingerprint density at radius 1 is 1.30 bits per heavy atom. The first-order valence-electron chi connectivity index (χ1n) is 5.02. The summed E-state index contributed by atoms with van der Waals surface area (Å²) in [5.74, 6) is -4.18. The predicted molar refractivity (Wildman–Crippen MR) is 57.0 cm³/mol. The number of hydrogen-bond donors (Lipinski definition) is 4. The monoisotopic (exact) mass is 295 g/mol. The Kier molecular flexibility index (Phi) is 4.32. The van der Waals surface area contributed by atoms with Gasteiger partial charge >= 0.3 is 23.7 Å². The second-order valence-corrected chi connectivity index (χ2v) is 3.68. The van der Waals surface area contributed by atoms with E-state index in [1.807, 2.05) is 4.98 Å². The Balaban J connectivity index is 2.93. The number of aromatic nitrogens is 2. The number of alkyl halides is 3. The van der Waals surface area contributed by atoms with Crippen LogP contribution >= 0.6 is 0 Å². The summed E-state index contributed by atoms with van der Waals surface area (Å²) >= 11 is 0. The Morgan fingerprint density at radius 3 is 2.35 bits per heavy atom. The number of aliphatic carboxylic acids is 1. The molecule has 0 aliphatic rings. The molecule has 1 aromatic rings. The molecule has 1 amide bonds. The molecule has 11 heteroatoms. The van der Waals surface area contributed by atoms with Crippen molar-refractivity contribution < 1.29 is 27.9 Å². The standard InChI is InChI=1S/C9H8F3N3O5/c10-9(11,12)7(19)14-4(6(17)18)1-3-2-5(16)15-8(20)13-3/h2,4H,1H2,(H,14,19)(H,17,18)(H2,13,15,16,20). The van der Waals surface area contributed by atoms with E-state index in [2.05, 4.69) is 0 Å². The lowest BCUT2D eigenvalue weighted by Gasteiger charge is -2.15. The summed E-state index contributed by atoms with van der Waals surface area (Å²) in [6, 6.07) is -1.14. The summed E-state index contributed by atoms with van der Waals surface area (Å²) in [5.41, 5.74) is -2.03. The normalized spacial score (nSPS) is 12.8. The van der Waals surface area contributed by atoms with Crippen LogP contribution in [0.15, 0.2) is 15.7 Å². The van der Waals surface area contributed by atoms with E-state index in [0.29, 0.717) is 0 Å². The Hall–Kier alpha value is -2.59. The van der Waals surface area contributed by atoms with Crippen LogP contribution in [-0.4, -0.2) is 39.2 Å². The quantitative estimate of drug-likeness (QED) is 0.550. The van der Waals surface area contributed by atoms with Gasteiger partial charge in [0, 0.05) is 18.2 Å². The molecule has 0 fully saturated rings. The van der Waals surface area contributed by atoms with E-state index in [1.165, 1.54) is 5.32 Å². The SMILES string of the molecule is O=C(O)C(Cc1cc(=O)[nH]c(=O)[nH]1)NC(=O)C(F)(F)F. The van der Waals surface area contributed by atoms with Crippen molar-refractivity contribution in [1.82, 2.24) is 15.3 Å². The zero-order valence-corrected chi connectivity index (χ0v) is 9.58. The summed E-state index contributed by atoms with van der Waals surface area (Å²) in [6.07, 6.45) is -5.93. The van der Waals surface area contributed by atoms with Gasteiger partial charge in [0.05, 0.1) is 0 Å². The summed E-state index contributed by atoms with van der Waals surface area (Å²) < 4.78 is 36.1. The van der Waals surface area contributed by atoms with Gasteiger partial charge in [-0.1, -0.05) is 0 Å². The molecule has 1 heterocycles. The molecule has 0 saturated carbocycles. The first kappa shape index (κ1) is 15.5. The molecule has 0 aliphatic carbocycles. The lowest BCUT2D eigenvalue weighted by Crippen LogP contribution is -2.48. The number of carboxylic acids is 1. The van der Waals surface area contributed by atoms with Crippen molar-refractivity contribution in [3.63, 3.8) is 0 Å². The van der Waals surface area contributed by atoms with Crippen molar-refractivity contribution in [3.8, 4) is 0 Å².